The van der Waals surface area contributed by atoms with E-state index >= 15 is 0 Å². The van der Waals surface area contributed by atoms with Gasteiger partial charge in [-0.25, -0.2) is 9.78 Å². The Morgan fingerprint density at radius 3 is 2.67 bits per heavy atom. The van der Waals surface area contributed by atoms with Gasteiger partial charge in [0.05, 0.1) is 11.4 Å². The van der Waals surface area contributed by atoms with Crippen LogP contribution < -0.4 is 16.4 Å². The van der Waals surface area contributed by atoms with Gasteiger partial charge in [0, 0.05) is 35.6 Å². The minimum Gasteiger partial charge on any atom is -0.444 e. The zero-order valence-corrected chi connectivity index (χ0v) is 17.5. The van der Waals surface area contributed by atoms with Crippen molar-refractivity contribution in [3.8, 4) is 11.5 Å². The second-order valence-electron chi connectivity index (χ2n) is 6.70. The summed E-state index contributed by atoms with van der Waals surface area (Å²) >= 11 is 1.47. The molecule has 8 heteroatoms. The van der Waals surface area contributed by atoms with E-state index < -0.39 is 0 Å². The Labute approximate surface area is 179 Å². The molecule has 0 aliphatic carbocycles. The van der Waals surface area contributed by atoms with E-state index in [0.717, 1.165) is 16.2 Å². The number of nitrogens with one attached hydrogen (secondary N) is 2. The summed E-state index contributed by atoms with van der Waals surface area (Å²) in [4.78, 5) is 28.5. The van der Waals surface area contributed by atoms with Crippen molar-refractivity contribution in [2.75, 3.05) is 17.6 Å². The van der Waals surface area contributed by atoms with Gasteiger partial charge in [-0.1, -0.05) is 29.8 Å². The smallest absolute Gasteiger partial charge is 0.319 e. The van der Waals surface area contributed by atoms with E-state index in [9.17, 15) is 9.59 Å². The number of hydrogen-bond acceptors (Lipinski definition) is 5. The second kappa shape index (κ2) is 10.5. The number of oxazole rings is 1. The normalized spacial score (nSPS) is 10.6. The monoisotopic (exact) mass is 424 g/mol. The number of thioether (sulfide) groups is 1. The lowest BCUT2D eigenvalue weighted by molar-refractivity contribution is -0.117. The number of anilines is 1. The zero-order valence-electron chi connectivity index (χ0n) is 16.7. The summed E-state index contributed by atoms with van der Waals surface area (Å²) < 4.78 is 5.54. The Kier molecular flexibility index (Phi) is 7.51. The van der Waals surface area contributed by atoms with Crippen LogP contribution in [0.15, 0.2) is 64.1 Å². The van der Waals surface area contributed by atoms with Crippen LogP contribution in [-0.2, 0) is 11.2 Å². The number of urea groups is 1. The summed E-state index contributed by atoms with van der Waals surface area (Å²) in [7, 11) is 0. The first kappa shape index (κ1) is 21.4. The second-order valence-corrected chi connectivity index (χ2v) is 7.84. The molecule has 30 heavy (non-hydrogen) atoms. The van der Waals surface area contributed by atoms with Crippen LogP contribution >= 0.6 is 11.8 Å². The Hall–Kier alpha value is -3.26. The maximum absolute atomic E-state index is 12.2. The van der Waals surface area contributed by atoms with E-state index in [4.69, 9.17) is 10.2 Å². The van der Waals surface area contributed by atoms with E-state index in [1.807, 2.05) is 55.5 Å². The molecule has 3 aromatic rings. The molecule has 0 bridgehead atoms. The summed E-state index contributed by atoms with van der Waals surface area (Å²) in [5, 5.41) is 5.66. The maximum atomic E-state index is 12.2. The van der Waals surface area contributed by atoms with Crippen LogP contribution in [0.3, 0.4) is 0 Å². The lowest BCUT2D eigenvalue weighted by Crippen LogP contribution is -2.30. The van der Waals surface area contributed by atoms with Crippen molar-refractivity contribution >= 4 is 29.4 Å². The number of aryl methyl sites for hydroxylation is 1. The highest BCUT2D eigenvalue weighted by Crippen LogP contribution is 2.27. The molecule has 156 valence electrons. The van der Waals surface area contributed by atoms with Crippen LogP contribution in [-0.4, -0.2) is 29.2 Å². The highest BCUT2D eigenvalue weighted by molar-refractivity contribution is 7.99. The number of primary amides is 1. The third-order valence-electron chi connectivity index (χ3n) is 4.26. The molecule has 0 aliphatic rings. The van der Waals surface area contributed by atoms with Gasteiger partial charge in [-0.05, 0) is 31.2 Å². The molecule has 0 aliphatic heterocycles. The molecule has 0 radical (unpaired) electrons. The topological polar surface area (TPSA) is 110 Å². The van der Waals surface area contributed by atoms with Gasteiger partial charge in [0.25, 0.3) is 0 Å². The van der Waals surface area contributed by atoms with Crippen molar-refractivity contribution in [3.05, 3.63) is 66.1 Å². The Balaban J connectivity index is 1.48. The maximum Gasteiger partial charge on any atom is 0.319 e. The zero-order chi connectivity index (χ0) is 21.3. The number of carbonyl (C=O) groups is 2. The van der Waals surface area contributed by atoms with Gasteiger partial charge in [0.2, 0.25) is 11.8 Å². The third-order valence-corrected chi connectivity index (χ3v) is 5.33. The molecule has 0 atom stereocenters. The highest BCUT2D eigenvalue weighted by Gasteiger charge is 2.09. The van der Waals surface area contributed by atoms with Crippen LogP contribution in [0, 0.1) is 6.92 Å². The molecule has 1 heterocycles. The molecule has 0 saturated carbocycles. The molecule has 7 nitrogen and oxygen atoms in total. The van der Waals surface area contributed by atoms with Gasteiger partial charge in [-0.2, -0.15) is 0 Å². The third kappa shape index (κ3) is 6.38. The molecule has 0 unspecified atom stereocenters. The molecular formula is C22H24N4O3S. The summed E-state index contributed by atoms with van der Waals surface area (Å²) in [5.41, 5.74) is 8.73. The average Bonchev–Trinajstić information content (AvgIpc) is 3.18. The predicted molar refractivity (Wildman–Crippen MR) is 118 cm³/mol. The van der Waals surface area contributed by atoms with E-state index in [2.05, 4.69) is 15.6 Å². The van der Waals surface area contributed by atoms with Gasteiger partial charge in [0.1, 0.15) is 6.26 Å². The average molecular weight is 425 g/mol. The molecule has 0 saturated heterocycles. The van der Waals surface area contributed by atoms with Crippen LogP contribution in [0.4, 0.5) is 10.5 Å². The molecule has 0 fully saturated rings. The fraction of sp³-hybridized carbons (Fsp3) is 0.227. The molecule has 2 aromatic carbocycles. The first-order valence-corrected chi connectivity index (χ1v) is 10.6. The molecule has 4 N–H and O–H groups in total. The van der Waals surface area contributed by atoms with Crippen molar-refractivity contribution in [3.63, 3.8) is 0 Å². The SMILES string of the molecule is Cc1ccc(-c2nc(CCNC(=O)Nc3ccccc3SCCC(N)=O)co2)cc1. The summed E-state index contributed by atoms with van der Waals surface area (Å²) in [6, 6.07) is 15.1. The molecular weight excluding hydrogens is 400 g/mol. The molecule has 3 amide bonds. The highest BCUT2D eigenvalue weighted by atomic mass is 32.2. The molecule has 1 aromatic heterocycles. The minimum atomic E-state index is -0.343. The fourth-order valence-electron chi connectivity index (χ4n) is 2.68. The summed E-state index contributed by atoms with van der Waals surface area (Å²) in [6.07, 6.45) is 2.45. The number of benzene rings is 2. The van der Waals surface area contributed by atoms with Crippen molar-refractivity contribution in [2.24, 2.45) is 5.73 Å². The number of hydrogen-bond donors (Lipinski definition) is 3. The Bertz CT molecular complexity index is 1000. The van der Waals surface area contributed by atoms with E-state index in [-0.39, 0.29) is 18.4 Å². The number of para-hydroxylation sites is 1. The van der Waals surface area contributed by atoms with E-state index in [0.29, 0.717) is 30.3 Å². The van der Waals surface area contributed by atoms with Crippen molar-refractivity contribution < 1.29 is 14.0 Å². The number of nitrogens with zero attached hydrogens (tertiary/aromatic N) is 1. The lowest BCUT2D eigenvalue weighted by atomic mass is 10.1. The molecule has 0 spiro atoms. The lowest BCUT2D eigenvalue weighted by Gasteiger charge is -2.11. The number of rotatable bonds is 9. The van der Waals surface area contributed by atoms with Crippen LogP contribution in [0.1, 0.15) is 17.7 Å². The fourth-order valence-corrected chi connectivity index (χ4v) is 3.65. The van der Waals surface area contributed by atoms with Gasteiger partial charge in [0.15, 0.2) is 0 Å². The van der Waals surface area contributed by atoms with Crippen molar-refractivity contribution in [1.82, 2.24) is 10.3 Å². The van der Waals surface area contributed by atoms with Gasteiger partial charge < -0.3 is 20.8 Å². The standard InChI is InChI=1S/C22H24N4O3S/c1-15-6-8-16(9-7-15)21-25-17(14-29-21)10-12-24-22(28)26-18-4-2-3-5-19(18)30-13-11-20(23)27/h2-9,14H,10-13H2,1H3,(H2,23,27)(H2,24,26,28). The van der Waals surface area contributed by atoms with Crippen molar-refractivity contribution in [2.45, 2.75) is 24.7 Å². The number of nitrogens with two attached hydrogens (primary N) is 1. The predicted octanol–water partition coefficient (Wildman–Crippen LogP) is 3.98. The van der Waals surface area contributed by atoms with E-state index in [1.165, 1.54) is 17.3 Å². The summed E-state index contributed by atoms with van der Waals surface area (Å²) in [5.74, 6) is 0.783. The van der Waals surface area contributed by atoms with Crippen LogP contribution in [0.2, 0.25) is 0 Å². The first-order valence-electron chi connectivity index (χ1n) is 9.57. The largest absolute Gasteiger partial charge is 0.444 e. The first-order chi connectivity index (χ1) is 14.5. The minimum absolute atomic E-state index is 0.285. The number of aromatic nitrogens is 1. The van der Waals surface area contributed by atoms with Crippen molar-refractivity contribution in [1.29, 1.82) is 0 Å². The van der Waals surface area contributed by atoms with Gasteiger partial charge >= 0.3 is 6.03 Å². The van der Waals surface area contributed by atoms with Gasteiger partial charge in [-0.3, -0.25) is 4.79 Å². The van der Waals surface area contributed by atoms with Crippen LogP contribution in [0.5, 0.6) is 0 Å². The quantitative estimate of drug-likeness (QED) is 0.450. The molecule has 3 rings (SSSR count). The number of amides is 3. The summed E-state index contributed by atoms with van der Waals surface area (Å²) in [6.45, 7) is 2.45. The Morgan fingerprint density at radius 2 is 1.90 bits per heavy atom. The number of carbonyl (C=O) groups excluding carboxylic acids is 2. The van der Waals surface area contributed by atoms with Crippen LogP contribution in [0.25, 0.3) is 11.5 Å². The van der Waals surface area contributed by atoms with E-state index in [1.54, 1.807) is 6.26 Å². The Morgan fingerprint density at radius 1 is 1.13 bits per heavy atom. The van der Waals surface area contributed by atoms with Gasteiger partial charge in [-0.15, -0.1) is 11.8 Å².